The Bertz CT molecular complexity index is 808. The Labute approximate surface area is 150 Å². The minimum Gasteiger partial charge on any atom is -0.394 e. The number of hydrogen-bond acceptors (Lipinski definition) is 6. The molecule has 0 aliphatic heterocycles. The van der Waals surface area contributed by atoms with E-state index in [9.17, 15) is 38.5 Å². The number of nitro groups is 2. The third-order valence-electron chi connectivity index (χ3n) is 3.71. The van der Waals surface area contributed by atoms with E-state index in [1.54, 1.807) is 30.3 Å². The maximum absolute atomic E-state index is 12.9. The molecule has 1 atom stereocenters. The van der Waals surface area contributed by atoms with E-state index in [-0.39, 0.29) is 18.6 Å². The Balaban J connectivity index is 2.49. The molecule has 8 nitrogen and oxygen atoms in total. The average molecular weight is 385 g/mol. The lowest BCUT2D eigenvalue weighted by Crippen LogP contribution is -2.27. The maximum atomic E-state index is 12.9. The first-order chi connectivity index (χ1) is 12.6. The molecule has 0 saturated carbocycles. The molecule has 0 aliphatic rings. The molecule has 0 aromatic heterocycles. The number of hydrogen-bond donors (Lipinski definition) is 2. The van der Waals surface area contributed by atoms with Crippen molar-refractivity contribution in [2.45, 2.75) is 18.6 Å². The van der Waals surface area contributed by atoms with E-state index in [2.05, 4.69) is 5.32 Å². The first kappa shape index (κ1) is 20.1. The standard InChI is InChI=1S/C16H14F3N3O5/c17-16(18,19)11-7-13(21(24)25)15(14(8-11)22(26)27)20-12(9-23)6-10-4-2-1-3-5-10/h1-5,7-8,12,20,23H,6,9H2. The van der Waals surface area contributed by atoms with Gasteiger partial charge in [0.25, 0.3) is 11.4 Å². The zero-order chi connectivity index (χ0) is 20.2. The summed E-state index contributed by atoms with van der Waals surface area (Å²) >= 11 is 0. The van der Waals surface area contributed by atoms with E-state index in [1.165, 1.54) is 0 Å². The third kappa shape index (κ3) is 4.91. The van der Waals surface area contributed by atoms with Crippen molar-refractivity contribution in [2.75, 3.05) is 11.9 Å². The van der Waals surface area contributed by atoms with E-state index < -0.39 is 51.3 Å². The van der Waals surface area contributed by atoms with Crippen LogP contribution in [0.15, 0.2) is 42.5 Å². The predicted molar refractivity (Wildman–Crippen MR) is 89.4 cm³/mol. The van der Waals surface area contributed by atoms with Gasteiger partial charge in [-0.05, 0) is 12.0 Å². The zero-order valence-electron chi connectivity index (χ0n) is 13.6. The van der Waals surface area contributed by atoms with Crippen molar-refractivity contribution < 1.29 is 28.1 Å². The fourth-order valence-electron chi connectivity index (χ4n) is 2.48. The Hall–Kier alpha value is -3.21. The molecule has 0 radical (unpaired) electrons. The number of aliphatic hydroxyl groups excluding tert-OH is 1. The van der Waals surface area contributed by atoms with Gasteiger partial charge in [-0.1, -0.05) is 30.3 Å². The second kappa shape index (κ2) is 7.99. The highest BCUT2D eigenvalue weighted by Crippen LogP contribution is 2.41. The number of halogens is 3. The summed E-state index contributed by atoms with van der Waals surface area (Å²) in [6.07, 6.45) is -4.85. The highest BCUT2D eigenvalue weighted by atomic mass is 19.4. The highest BCUT2D eigenvalue weighted by molar-refractivity contribution is 5.75. The van der Waals surface area contributed by atoms with Gasteiger partial charge in [0, 0.05) is 12.1 Å². The lowest BCUT2D eigenvalue weighted by atomic mass is 10.0. The summed E-state index contributed by atoms with van der Waals surface area (Å²) in [5.74, 6) is 0. The smallest absolute Gasteiger partial charge is 0.394 e. The van der Waals surface area contributed by atoms with Crippen molar-refractivity contribution in [3.63, 3.8) is 0 Å². The van der Waals surface area contributed by atoms with Crippen molar-refractivity contribution >= 4 is 17.1 Å². The lowest BCUT2D eigenvalue weighted by molar-refractivity contribution is -0.392. The molecule has 27 heavy (non-hydrogen) atoms. The Morgan fingerprint density at radius 3 is 1.96 bits per heavy atom. The summed E-state index contributed by atoms with van der Waals surface area (Å²) in [5.41, 5.74) is -3.66. The lowest BCUT2D eigenvalue weighted by Gasteiger charge is -2.18. The van der Waals surface area contributed by atoms with Gasteiger partial charge in [0.2, 0.25) is 0 Å². The van der Waals surface area contributed by atoms with Crippen LogP contribution in [0.4, 0.5) is 30.2 Å². The highest BCUT2D eigenvalue weighted by Gasteiger charge is 2.38. The molecule has 0 fully saturated rings. The second-order valence-corrected chi connectivity index (χ2v) is 5.62. The van der Waals surface area contributed by atoms with Crippen LogP contribution < -0.4 is 5.32 Å². The number of nitro benzene ring substituents is 2. The summed E-state index contributed by atoms with van der Waals surface area (Å²) in [5, 5.41) is 34.4. The van der Waals surface area contributed by atoms with Crippen LogP contribution in [-0.4, -0.2) is 27.6 Å². The van der Waals surface area contributed by atoms with Gasteiger partial charge in [-0.25, -0.2) is 0 Å². The summed E-state index contributed by atoms with van der Waals surface area (Å²) in [6.45, 7) is -0.551. The van der Waals surface area contributed by atoms with Crippen LogP contribution in [0, 0.1) is 20.2 Å². The van der Waals surface area contributed by atoms with E-state index >= 15 is 0 Å². The van der Waals surface area contributed by atoms with Crippen LogP contribution >= 0.6 is 0 Å². The molecule has 0 aliphatic carbocycles. The summed E-state index contributed by atoms with van der Waals surface area (Å²) < 4.78 is 38.8. The van der Waals surface area contributed by atoms with Crippen LogP contribution in [0.25, 0.3) is 0 Å². The largest absolute Gasteiger partial charge is 0.416 e. The molecule has 1 unspecified atom stereocenters. The number of anilines is 1. The Kier molecular flexibility index (Phi) is 5.95. The quantitative estimate of drug-likeness (QED) is 0.556. The monoisotopic (exact) mass is 385 g/mol. The van der Waals surface area contributed by atoms with Crippen molar-refractivity contribution in [1.82, 2.24) is 0 Å². The molecule has 0 saturated heterocycles. The molecule has 2 aromatic rings. The van der Waals surface area contributed by atoms with Crippen molar-refractivity contribution in [1.29, 1.82) is 0 Å². The second-order valence-electron chi connectivity index (χ2n) is 5.62. The fourth-order valence-corrected chi connectivity index (χ4v) is 2.48. The number of nitrogens with zero attached hydrogens (tertiary/aromatic N) is 2. The number of alkyl halides is 3. The molecule has 0 spiro atoms. The SMILES string of the molecule is O=[N+]([O-])c1cc(C(F)(F)F)cc([N+](=O)[O-])c1NC(CO)Cc1ccccc1. The molecule has 2 N–H and O–H groups in total. The third-order valence-corrected chi connectivity index (χ3v) is 3.71. The van der Waals surface area contributed by atoms with Crippen molar-refractivity contribution in [2.24, 2.45) is 0 Å². The van der Waals surface area contributed by atoms with Crippen LogP contribution in [0.1, 0.15) is 11.1 Å². The number of nitrogens with one attached hydrogen (secondary N) is 1. The van der Waals surface area contributed by atoms with Crippen LogP contribution in [0.3, 0.4) is 0 Å². The zero-order valence-corrected chi connectivity index (χ0v) is 13.6. The minimum atomic E-state index is -4.99. The number of aliphatic hydroxyl groups is 1. The fraction of sp³-hybridized carbons (Fsp3) is 0.250. The Morgan fingerprint density at radius 2 is 1.56 bits per heavy atom. The number of rotatable bonds is 7. The molecule has 11 heteroatoms. The van der Waals surface area contributed by atoms with Gasteiger partial charge in [0.05, 0.1) is 28.1 Å². The van der Waals surface area contributed by atoms with Crippen molar-refractivity contribution in [3.05, 3.63) is 73.8 Å². The summed E-state index contributed by atoms with van der Waals surface area (Å²) in [6, 6.07) is 8.16. The van der Waals surface area contributed by atoms with Crippen LogP contribution in [-0.2, 0) is 12.6 Å². The van der Waals surface area contributed by atoms with E-state index in [1.807, 2.05) is 0 Å². The van der Waals surface area contributed by atoms with Gasteiger partial charge in [0.1, 0.15) is 0 Å². The van der Waals surface area contributed by atoms with Gasteiger partial charge in [0.15, 0.2) is 5.69 Å². The maximum Gasteiger partial charge on any atom is 0.416 e. The normalized spacial score (nSPS) is 12.4. The minimum absolute atomic E-state index is 0.146. The molecule has 0 amide bonds. The first-order valence-electron chi connectivity index (χ1n) is 7.58. The molecule has 2 rings (SSSR count). The molecule has 2 aromatic carbocycles. The Morgan fingerprint density at radius 1 is 1.04 bits per heavy atom. The van der Waals surface area contributed by atoms with E-state index in [0.29, 0.717) is 0 Å². The van der Waals surface area contributed by atoms with Gasteiger partial charge < -0.3 is 10.4 Å². The molecule has 0 bridgehead atoms. The topological polar surface area (TPSA) is 119 Å². The molecule has 144 valence electrons. The van der Waals surface area contributed by atoms with Gasteiger partial charge in [-0.3, -0.25) is 20.2 Å². The number of benzene rings is 2. The average Bonchev–Trinajstić information content (AvgIpc) is 2.60. The van der Waals surface area contributed by atoms with E-state index in [0.717, 1.165) is 5.56 Å². The van der Waals surface area contributed by atoms with Crippen LogP contribution in [0.2, 0.25) is 0 Å². The van der Waals surface area contributed by atoms with Gasteiger partial charge >= 0.3 is 6.18 Å². The predicted octanol–water partition coefficient (Wildman–Crippen LogP) is 3.54. The molecule has 0 heterocycles. The van der Waals surface area contributed by atoms with Crippen LogP contribution in [0.5, 0.6) is 0 Å². The first-order valence-corrected chi connectivity index (χ1v) is 7.58. The molecular weight excluding hydrogens is 371 g/mol. The van der Waals surface area contributed by atoms with Gasteiger partial charge in [-0.2, -0.15) is 13.2 Å². The summed E-state index contributed by atoms with van der Waals surface area (Å²) in [7, 11) is 0. The van der Waals surface area contributed by atoms with E-state index in [4.69, 9.17) is 0 Å². The van der Waals surface area contributed by atoms with Crippen molar-refractivity contribution in [3.8, 4) is 0 Å². The molecular formula is C16H14F3N3O5. The summed E-state index contributed by atoms with van der Waals surface area (Å²) in [4.78, 5) is 20.2. The van der Waals surface area contributed by atoms with Gasteiger partial charge in [-0.15, -0.1) is 0 Å².